The molecule has 1 amide bonds. The highest BCUT2D eigenvalue weighted by Gasteiger charge is 2.51. The summed E-state index contributed by atoms with van der Waals surface area (Å²) in [6.07, 6.45) is 2.12. The van der Waals surface area contributed by atoms with Crippen LogP contribution in [0.25, 0.3) is 0 Å². The van der Waals surface area contributed by atoms with E-state index in [2.05, 4.69) is 35.2 Å². The van der Waals surface area contributed by atoms with E-state index in [-0.39, 0.29) is 5.91 Å². The van der Waals surface area contributed by atoms with Gasteiger partial charge in [-0.25, -0.2) is 0 Å². The molecule has 0 aromatic heterocycles. The molecule has 4 nitrogen and oxygen atoms in total. The largest absolute Gasteiger partial charge is 0.372 e. The molecule has 0 radical (unpaired) electrons. The minimum Gasteiger partial charge on any atom is -0.372 e. The highest BCUT2D eigenvalue weighted by molar-refractivity contribution is 6.09. The van der Waals surface area contributed by atoms with Gasteiger partial charge in [-0.3, -0.25) is 9.69 Å². The third-order valence-electron chi connectivity index (χ3n) is 6.73. The number of fused-ring (bicyclic) bond motifs is 1. The standard InChI is InChI=1S/C27H28N2O2/c30-26-27(31,23-11-5-2-6-12-23)24-13-7-8-14-25(24)29(26)20-22-15-17-28(18-16-22)19-21-9-3-1-4-10-21/h1-14,22,31H,15-20H2. The zero-order chi connectivity index (χ0) is 21.3. The molecule has 0 bridgehead atoms. The highest BCUT2D eigenvalue weighted by Crippen LogP contribution is 2.44. The predicted octanol–water partition coefficient (Wildman–Crippen LogP) is 4.18. The quantitative estimate of drug-likeness (QED) is 0.684. The number of amides is 1. The first kappa shape index (κ1) is 20.0. The smallest absolute Gasteiger partial charge is 0.268 e. The summed E-state index contributed by atoms with van der Waals surface area (Å²) in [5.74, 6) is 0.203. The van der Waals surface area contributed by atoms with Crippen LogP contribution in [0.3, 0.4) is 0 Å². The van der Waals surface area contributed by atoms with Crippen molar-refractivity contribution in [3.8, 4) is 0 Å². The van der Waals surface area contributed by atoms with Crippen molar-refractivity contribution in [2.45, 2.75) is 25.0 Å². The fourth-order valence-corrected chi connectivity index (χ4v) is 5.00. The number of aliphatic hydroxyl groups is 1. The zero-order valence-electron chi connectivity index (χ0n) is 17.7. The lowest BCUT2D eigenvalue weighted by atomic mass is 9.87. The van der Waals surface area contributed by atoms with Crippen molar-refractivity contribution < 1.29 is 9.90 Å². The molecular formula is C27H28N2O2. The van der Waals surface area contributed by atoms with Gasteiger partial charge in [0.1, 0.15) is 0 Å². The van der Waals surface area contributed by atoms with Gasteiger partial charge in [0.05, 0.1) is 5.69 Å². The minimum atomic E-state index is -1.61. The number of anilines is 1. The van der Waals surface area contributed by atoms with Crippen molar-refractivity contribution >= 4 is 11.6 Å². The molecule has 1 atom stereocenters. The molecule has 31 heavy (non-hydrogen) atoms. The number of hydrogen-bond acceptors (Lipinski definition) is 3. The van der Waals surface area contributed by atoms with Gasteiger partial charge in [-0.1, -0.05) is 78.9 Å². The summed E-state index contributed by atoms with van der Waals surface area (Å²) in [4.78, 5) is 17.8. The Labute approximate surface area is 183 Å². The Hall–Kier alpha value is -2.95. The summed E-state index contributed by atoms with van der Waals surface area (Å²) in [6.45, 7) is 3.70. The number of piperidine rings is 1. The van der Waals surface area contributed by atoms with Gasteiger partial charge in [0.25, 0.3) is 5.91 Å². The van der Waals surface area contributed by atoms with Gasteiger partial charge in [0.2, 0.25) is 0 Å². The number of rotatable bonds is 5. The average molecular weight is 413 g/mol. The van der Waals surface area contributed by atoms with Crippen molar-refractivity contribution in [1.29, 1.82) is 0 Å². The highest BCUT2D eigenvalue weighted by atomic mass is 16.3. The van der Waals surface area contributed by atoms with Gasteiger partial charge in [0.15, 0.2) is 5.60 Å². The lowest BCUT2D eigenvalue weighted by Crippen LogP contribution is -2.44. The Balaban J connectivity index is 1.31. The first-order chi connectivity index (χ1) is 15.2. The van der Waals surface area contributed by atoms with E-state index >= 15 is 0 Å². The number of carbonyl (C=O) groups excluding carboxylic acids is 1. The lowest BCUT2D eigenvalue weighted by Gasteiger charge is -2.34. The van der Waals surface area contributed by atoms with E-state index in [4.69, 9.17) is 0 Å². The molecule has 1 saturated heterocycles. The molecular weight excluding hydrogens is 384 g/mol. The number of nitrogens with zero attached hydrogens (tertiary/aromatic N) is 2. The zero-order valence-corrected chi connectivity index (χ0v) is 17.7. The predicted molar refractivity (Wildman–Crippen MR) is 123 cm³/mol. The number of benzene rings is 3. The second-order valence-electron chi connectivity index (χ2n) is 8.71. The first-order valence-electron chi connectivity index (χ1n) is 11.1. The molecule has 158 valence electrons. The van der Waals surface area contributed by atoms with E-state index in [1.165, 1.54) is 5.56 Å². The summed E-state index contributed by atoms with van der Waals surface area (Å²) in [7, 11) is 0. The Kier molecular flexibility index (Phi) is 5.34. The molecule has 0 spiro atoms. The molecule has 5 rings (SSSR count). The Morgan fingerprint density at radius 3 is 2.16 bits per heavy atom. The second-order valence-corrected chi connectivity index (χ2v) is 8.71. The summed E-state index contributed by atoms with van der Waals surface area (Å²) < 4.78 is 0. The SMILES string of the molecule is O=C1N(CC2CCN(Cc3ccccc3)CC2)c2ccccc2C1(O)c1ccccc1. The van der Waals surface area contributed by atoms with Crippen molar-refractivity contribution in [2.24, 2.45) is 5.92 Å². The number of hydrogen-bond donors (Lipinski definition) is 1. The van der Waals surface area contributed by atoms with Crippen LogP contribution in [-0.4, -0.2) is 35.5 Å². The first-order valence-corrected chi connectivity index (χ1v) is 11.1. The van der Waals surface area contributed by atoms with Crippen molar-refractivity contribution in [3.63, 3.8) is 0 Å². The topological polar surface area (TPSA) is 43.8 Å². The Morgan fingerprint density at radius 1 is 0.839 bits per heavy atom. The molecule has 0 aliphatic carbocycles. The fraction of sp³-hybridized carbons (Fsp3) is 0.296. The summed E-state index contributed by atoms with van der Waals surface area (Å²) in [5.41, 5.74) is 1.90. The number of para-hydroxylation sites is 1. The summed E-state index contributed by atoms with van der Waals surface area (Å²) >= 11 is 0. The normalized spacial score (nSPS) is 22.0. The molecule has 2 aliphatic heterocycles. The Morgan fingerprint density at radius 2 is 1.45 bits per heavy atom. The third kappa shape index (κ3) is 3.67. The second kappa shape index (κ2) is 8.29. The Bertz CT molecular complexity index is 1050. The molecule has 0 saturated carbocycles. The maximum Gasteiger partial charge on any atom is 0.268 e. The molecule has 3 aromatic rings. The van der Waals surface area contributed by atoms with Gasteiger partial charge in [-0.2, -0.15) is 0 Å². The van der Waals surface area contributed by atoms with Crippen LogP contribution in [0.15, 0.2) is 84.9 Å². The van der Waals surface area contributed by atoms with Gasteiger partial charge in [-0.15, -0.1) is 0 Å². The van der Waals surface area contributed by atoms with Crippen molar-refractivity contribution in [1.82, 2.24) is 4.90 Å². The molecule has 1 unspecified atom stereocenters. The molecule has 1 N–H and O–H groups in total. The van der Waals surface area contributed by atoms with Gasteiger partial charge < -0.3 is 10.0 Å². The molecule has 4 heteroatoms. The van der Waals surface area contributed by atoms with E-state index in [1.54, 1.807) is 0 Å². The van der Waals surface area contributed by atoms with Crippen LogP contribution in [0.1, 0.15) is 29.5 Å². The van der Waals surface area contributed by atoms with E-state index in [0.717, 1.165) is 38.2 Å². The fourth-order valence-electron chi connectivity index (χ4n) is 5.00. The van der Waals surface area contributed by atoms with Gasteiger partial charge in [-0.05, 0) is 49.0 Å². The van der Waals surface area contributed by atoms with Crippen LogP contribution in [0.5, 0.6) is 0 Å². The molecule has 2 aliphatic rings. The van der Waals surface area contributed by atoms with Crippen LogP contribution in [0, 0.1) is 5.92 Å². The third-order valence-corrected chi connectivity index (χ3v) is 6.73. The van der Waals surface area contributed by atoms with Crippen molar-refractivity contribution in [3.05, 3.63) is 102 Å². The summed E-state index contributed by atoms with van der Waals surface area (Å²) in [5, 5.41) is 11.6. The monoisotopic (exact) mass is 412 g/mol. The van der Waals surface area contributed by atoms with E-state index in [9.17, 15) is 9.90 Å². The van der Waals surface area contributed by atoms with Crippen LogP contribution in [0.2, 0.25) is 0 Å². The van der Waals surface area contributed by atoms with E-state index in [1.807, 2.05) is 59.5 Å². The molecule has 3 aromatic carbocycles. The van der Waals surface area contributed by atoms with Crippen LogP contribution >= 0.6 is 0 Å². The van der Waals surface area contributed by atoms with Crippen LogP contribution < -0.4 is 4.90 Å². The van der Waals surface area contributed by atoms with Crippen LogP contribution in [-0.2, 0) is 16.9 Å². The molecule has 1 fully saturated rings. The molecule has 2 heterocycles. The van der Waals surface area contributed by atoms with E-state index in [0.29, 0.717) is 23.6 Å². The van der Waals surface area contributed by atoms with Crippen molar-refractivity contribution in [2.75, 3.05) is 24.5 Å². The van der Waals surface area contributed by atoms with Gasteiger partial charge in [0, 0.05) is 18.7 Å². The minimum absolute atomic E-state index is 0.230. The van der Waals surface area contributed by atoms with E-state index < -0.39 is 5.60 Å². The lowest BCUT2D eigenvalue weighted by molar-refractivity contribution is -0.132. The maximum atomic E-state index is 13.5. The van der Waals surface area contributed by atoms with Gasteiger partial charge >= 0.3 is 0 Å². The maximum absolute atomic E-state index is 13.5. The number of carbonyl (C=O) groups is 1. The average Bonchev–Trinajstić information content (AvgIpc) is 3.04. The number of likely N-dealkylation sites (tertiary alicyclic amines) is 1. The van der Waals surface area contributed by atoms with Crippen LogP contribution in [0.4, 0.5) is 5.69 Å². The summed E-state index contributed by atoms with van der Waals surface area (Å²) in [6, 6.07) is 27.6.